The number of hydrogen-bond donors (Lipinski definition) is 0. The summed E-state index contributed by atoms with van der Waals surface area (Å²) in [7, 11) is 1.64. The molecule has 0 aliphatic carbocycles. The van der Waals surface area contributed by atoms with Crippen molar-refractivity contribution in [2.75, 3.05) is 33.5 Å². The van der Waals surface area contributed by atoms with E-state index in [1.807, 2.05) is 17.0 Å². The Morgan fingerprint density at radius 1 is 1.26 bits per heavy atom. The number of aryl methyl sites for hydroxylation is 1. The normalized spacial score (nSPS) is 18.9. The first-order valence-electron chi connectivity index (χ1n) is 8.71. The van der Waals surface area contributed by atoms with Crippen LogP contribution in [0.15, 0.2) is 16.5 Å². The zero-order chi connectivity index (χ0) is 16.5. The smallest absolute Gasteiger partial charge is 0.225 e. The average Bonchev–Trinajstić information content (AvgIpc) is 2.91. The Hall–Kier alpha value is -1.33. The third-order valence-electron chi connectivity index (χ3n) is 4.32. The molecule has 130 valence electrons. The summed E-state index contributed by atoms with van der Waals surface area (Å²) >= 11 is 0. The number of methoxy groups -OCH3 is 1. The lowest BCUT2D eigenvalue weighted by atomic mass is 10.1. The molecule has 1 amide bonds. The van der Waals surface area contributed by atoms with Crippen LogP contribution in [0, 0.1) is 0 Å². The zero-order valence-corrected chi connectivity index (χ0v) is 14.4. The number of nitrogens with zero attached hydrogens (tertiary/aromatic N) is 1. The van der Waals surface area contributed by atoms with Gasteiger partial charge in [-0.2, -0.15) is 0 Å². The van der Waals surface area contributed by atoms with Gasteiger partial charge in [0.25, 0.3) is 0 Å². The van der Waals surface area contributed by atoms with Gasteiger partial charge < -0.3 is 18.8 Å². The molecule has 5 heteroatoms. The van der Waals surface area contributed by atoms with Gasteiger partial charge in [-0.05, 0) is 25.0 Å². The van der Waals surface area contributed by atoms with Crippen LogP contribution in [0.4, 0.5) is 0 Å². The first-order valence-corrected chi connectivity index (χ1v) is 8.71. The molecular weight excluding hydrogens is 294 g/mol. The number of carbonyl (C=O) groups excluding carboxylic acids is 1. The lowest BCUT2D eigenvalue weighted by molar-refractivity contribution is -0.135. The SMILES string of the molecule is CCc1ccc(C2CCCCCN2C(=O)CCOCCOC)o1. The standard InChI is InChI=1S/C18H29NO4/c1-3-15-8-9-17(23-15)16-7-5-4-6-11-19(16)18(20)10-12-22-14-13-21-2/h8-9,16H,3-7,10-14H2,1-2H3. The van der Waals surface area contributed by atoms with Gasteiger partial charge in [-0.25, -0.2) is 0 Å². The van der Waals surface area contributed by atoms with Crippen molar-refractivity contribution in [2.24, 2.45) is 0 Å². The van der Waals surface area contributed by atoms with Gasteiger partial charge in [0.15, 0.2) is 0 Å². The summed E-state index contributed by atoms with van der Waals surface area (Å²) in [5.74, 6) is 2.07. The third-order valence-corrected chi connectivity index (χ3v) is 4.32. The number of hydrogen-bond acceptors (Lipinski definition) is 4. The second-order valence-corrected chi connectivity index (χ2v) is 5.97. The topological polar surface area (TPSA) is 51.9 Å². The molecule has 1 aromatic rings. The molecule has 1 unspecified atom stereocenters. The fourth-order valence-electron chi connectivity index (χ4n) is 3.01. The molecule has 5 nitrogen and oxygen atoms in total. The molecule has 1 aliphatic rings. The minimum Gasteiger partial charge on any atom is -0.464 e. The van der Waals surface area contributed by atoms with Crippen LogP contribution < -0.4 is 0 Å². The molecule has 0 aromatic carbocycles. The van der Waals surface area contributed by atoms with E-state index in [0.29, 0.717) is 26.2 Å². The maximum Gasteiger partial charge on any atom is 0.225 e. The summed E-state index contributed by atoms with van der Waals surface area (Å²) < 4.78 is 16.3. The highest BCUT2D eigenvalue weighted by molar-refractivity contribution is 5.76. The van der Waals surface area contributed by atoms with Crippen molar-refractivity contribution in [1.82, 2.24) is 4.90 Å². The second kappa shape index (κ2) is 9.73. The van der Waals surface area contributed by atoms with Gasteiger partial charge in [0.05, 0.1) is 32.3 Å². The van der Waals surface area contributed by atoms with Gasteiger partial charge in [-0.3, -0.25) is 4.79 Å². The maximum atomic E-state index is 12.6. The monoisotopic (exact) mass is 323 g/mol. The van der Waals surface area contributed by atoms with Crippen LogP contribution in [0.2, 0.25) is 0 Å². The van der Waals surface area contributed by atoms with E-state index in [1.165, 1.54) is 6.42 Å². The Morgan fingerprint density at radius 3 is 2.87 bits per heavy atom. The molecule has 2 rings (SSSR count). The highest BCUT2D eigenvalue weighted by Gasteiger charge is 2.28. The minimum absolute atomic E-state index is 0.0734. The summed E-state index contributed by atoms with van der Waals surface area (Å²) in [6.07, 6.45) is 5.66. The van der Waals surface area contributed by atoms with E-state index >= 15 is 0 Å². The molecule has 0 N–H and O–H groups in total. The van der Waals surface area contributed by atoms with Crippen LogP contribution in [-0.2, 0) is 20.7 Å². The van der Waals surface area contributed by atoms with E-state index in [2.05, 4.69) is 6.92 Å². The molecule has 1 aromatic heterocycles. The largest absolute Gasteiger partial charge is 0.464 e. The molecule has 2 heterocycles. The van der Waals surface area contributed by atoms with E-state index in [9.17, 15) is 4.79 Å². The summed E-state index contributed by atoms with van der Waals surface area (Å²) in [6, 6.07) is 4.13. The van der Waals surface area contributed by atoms with Gasteiger partial charge in [-0.15, -0.1) is 0 Å². The molecular formula is C18H29NO4. The second-order valence-electron chi connectivity index (χ2n) is 5.97. The first kappa shape index (κ1) is 18.0. The quantitative estimate of drug-likeness (QED) is 0.689. The van der Waals surface area contributed by atoms with Crippen molar-refractivity contribution >= 4 is 5.91 Å². The van der Waals surface area contributed by atoms with Gasteiger partial charge in [0.1, 0.15) is 11.5 Å². The van der Waals surface area contributed by atoms with E-state index in [1.54, 1.807) is 7.11 Å². The molecule has 0 spiro atoms. The molecule has 1 atom stereocenters. The van der Waals surface area contributed by atoms with Crippen molar-refractivity contribution in [1.29, 1.82) is 0 Å². The molecule has 1 aliphatic heterocycles. The molecule has 23 heavy (non-hydrogen) atoms. The van der Waals surface area contributed by atoms with E-state index in [4.69, 9.17) is 13.9 Å². The zero-order valence-electron chi connectivity index (χ0n) is 14.4. The lowest BCUT2D eigenvalue weighted by Gasteiger charge is -2.28. The average molecular weight is 323 g/mol. The minimum atomic E-state index is 0.0734. The molecule has 1 saturated heterocycles. The van der Waals surface area contributed by atoms with Crippen LogP contribution in [-0.4, -0.2) is 44.3 Å². The van der Waals surface area contributed by atoms with Gasteiger partial charge in [0, 0.05) is 20.1 Å². The Kier molecular flexibility index (Phi) is 7.62. The van der Waals surface area contributed by atoms with E-state index < -0.39 is 0 Å². The van der Waals surface area contributed by atoms with Crippen LogP contribution in [0.25, 0.3) is 0 Å². The fourth-order valence-corrected chi connectivity index (χ4v) is 3.01. The predicted molar refractivity (Wildman–Crippen MR) is 88.3 cm³/mol. The van der Waals surface area contributed by atoms with Crippen LogP contribution in [0.1, 0.15) is 56.6 Å². The summed E-state index contributed by atoms with van der Waals surface area (Å²) in [5, 5.41) is 0. The van der Waals surface area contributed by atoms with Crippen LogP contribution in [0.3, 0.4) is 0 Å². The van der Waals surface area contributed by atoms with Crippen molar-refractivity contribution in [3.8, 4) is 0 Å². The fraction of sp³-hybridized carbons (Fsp3) is 0.722. The van der Waals surface area contributed by atoms with Crippen LogP contribution >= 0.6 is 0 Å². The third kappa shape index (κ3) is 5.36. The van der Waals surface area contributed by atoms with E-state index in [0.717, 1.165) is 43.7 Å². The van der Waals surface area contributed by atoms with Gasteiger partial charge in [0.2, 0.25) is 5.91 Å². The summed E-state index contributed by atoms with van der Waals surface area (Å²) in [4.78, 5) is 14.6. The lowest BCUT2D eigenvalue weighted by Crippen LogP contribution is -2.35. The number of furan rings is 1. The van der Waals surface area contributed by atoms with E-state index in [-0.39, 0.29) is 11.9 Å². The maximum absolute atomic E-state index is 12.6. The molecule has 0 saturated carbocycles. The van der Waals surface area contributed by atoms with Crippen molar-refractivity contribution in [3.63, 3.8) is 0 Å². The molecule has 0 radical (unpaired) electrons. The van der Waals surface area contributed by atoms with Crippen molar-refractivity contribution in [3.05, 3.63) is 23.7 Å². The highest BCUT2D eigenvalue weighted by atomic mass is 16.5. The Morgan fingerprint density at radius 2 is 2.13 bits per heavy atom. The van der Waals surface area contributed by atoms with Gasteiger partial charge in [-0.1, -0.05) is 19.8 Å². The number of ether oxygens (including phenoxy) is 2. The number of rotatable bonds is 8. The highest BCUT2D eigenvalue weighted by Crippen LogP contribution is 2.31. The number of carbonyl (C=O) groups is 1. The predicted octanol–water partition coefficient (Wildman–Crippen LogP) is 3.34. The number of amides is 1. The molecule has 0 bridgehead atoms. The molecule has 1 fully saturated rings. The summed E-state index contributed by atoms with van der Waals surface area (Å²) in [5.41, 5.74) is 0. The van der Waals surface area contributed by atoms with Crippen molar-refractivity contribution < 1.29 is 18.7 Å². The summed E-state index contributed by atoms with van der Waals surface area (Å²) in [6.45, 7) is 4.43. The Balaban J connectivity index is 1.95. The van der Waals surface area contributed by atoms with Gasteiger partial charge >= 0.3 is 0 Å². The number of likely N-dealkylation sites (tertiary alicyclic amines) is 1. The van der Waals surface area contributed by atoms with Crippen molar-refractivity contribution in [2.45, 2.75) is 51.5 Å². The van der Waals surface area contributed by atoms with Crippen LogP contribution in [0.5, 0.6) is 0 Å². The first-order chi connectivity index (χ1) is 11.3. The Labute approximate surface area is 138 Å². The Bertz CT molecular complexity index is 471.